The van der Waals surface area contributed by atoms with Crippen LogP contribution < -0.4 is 10.1 Å². The van der Waals surface area contributed by atoms with Crippen LogP contribution in [-0.4, -0.2) is 46.7 Å². The summed E-state index contributed by atoms with van der Waals surface area (Å²) in [5.41, 5.74) is 5.94. The molecule has 0 bridgehead atoms. The minimum absolute atomic E-state index is 0.265. The van der Waals surface area contributed by atoms with Crippen molar-refractivity contribution in [1.82, 2.24) is 20.1 Å². The summed E-state index contributed by atoms with van der Waals surface area (Å²) in [4.78, 5) is 19.5. The summed E-state index contributed by atoms with van der Waals surface area (Å²) in [6.07, 6.45) is 2.63. The number of benzene rings is 1. The number of nitrogens with one attached hydrogen (secondary N) is 1. The molecule has 0 unspecified atom stereocenters. The molecular weight excluding hydrogens is 374 g/mol. The Balaban J connectivity index is 1.68. The van der Waals surface area contributed by atoms with Gasteiger partial charge in [-0.1, -0.05) is 23.3 Å². The highest BCUT2D eigenvalue weighted by atomic mass is 32.1. The van der Waals surface area contributed by atoms with E-state index in [9.17, 15) is 4.79 Å². The van der Waals surface area contributed by atoms with E-state index in [1.807, 2.05) is 13.0 Å². The Morgan fingerprint density at radius 3 is 2.89 bits per heavy atom. The predicted molar refractivity (Wildman–Crippen MR) is 109 cm³/mol. The number of carbonyl (C=O) groups excluding carboxylic acids is 1. The van der Waals surface area contributed by atoms with Crippen LogP contribution in [0, 0.1) is 6.92 Å². The number of amides is 1. The largest absolute Gasteiger partial charge is 0.472 e. The molecule has 8 heteroatoms. The van der Waals surface area contributed by atoms with E-state index in [1.165, 1.54) is 29.6 Å². The molecule has 3 heterocycles. The highest BCUT2D eigenvalue weighted by Crippen LogP contribution is 2.30. The lowest BCUT2D eigenvalue weighted by Gasteiger charge is -2.25. The number of fused-ring (bicyclic) bond motifs is 1. The van der Waals surface area contributed by atoms with E-state index in [2.05, 4.69) is 50.6 Å². The number of aromatic nitrogens is 3. The molecule has 2 aromatic heterocycles. The van der Waals surface area contributed by atoms with E-state index in [4.69, 9.17) is 4.74 Å². The maximum absolute atomic E-state index is 12.9. The number of pyridine rings is 1. The fourth-order valence-corrected chi connectivity index (χ4v) is 3.90. The topological polar surface area (TPSA) is 80.2 Å². The SMILES string of the molecule is COc1nnc(NC(=O)c2cnc(C)cc2-c2ccc3c(c2)CCN(C)C3)s1. The molecule has 0 spiro atoms. The summed E-state index contributed by atoms with van der Waals surface area (Å²) in [6.45, 7) is 3.92. The predicted octanol–water partition coefficient (Wildman–Crippen LogP) is 3.16. The van der Waals surface area contributed by atoms with Gasteiger partial charge in [0.25, 0.3) is 11.1 Å². The van der Waals surface area contributed by atoms with Gasteiger partial charge < -0.3 is 9.64 Å². The summed E-state index contributed by atoms with van der Waals surface area (Å²) in [5.74, 6) is -0.265. The van der Waals surface area contributed by atoms with Crippen LogP contribution in [0.5, 0.6) is 5.19 Å². The van der Waals surface area contributed by atoms with Crippen LogP contribution in [0.1, 0.15) is 27.2 Å². The molecule has 0 saturated heterocycles. The van der Waals surface area contributed by atoms with E-state index < -0.39 is 0 Å². The minimum atomic E-state index is -0.265. The maximum atomic E-state index is 12.9. The molecule has 0 atom stereocenters. The lowest BCUT2D eigenvalue weighted by Crippen LogP contribution is -2.26. The molecule has 4 rings (SSSR count). The monoisotopic (exact) mass is 395 g/mol. The van der Waals surface area contributed by atoms with Crippen molar-refractivity contribution in [2.45, 2.75) is 19.9 Å². The number of hydrogen-bond acceptors (Lipinski definition) is 7. The second-order valence-electron chi connectivity index (χ2n) is 6.87. The lowest BCUT2D eigenvalue weighted by atomic mass is 9.93. The number of nitrogens with zero attached hydrogens (tertiary/aromatic N) is 4. The molecule has 0 fully saturated rings. The molecule has 28 heavy (non-hydrogen) atoms. The quantitative estimate of drug-likeness (QED) is 0.731. The molecule has 1 N–H and O–H groups in total. The number of hydrogen-bond donors (Lipinski definition) is 1. The number of likely N-dealkylation sites (N-methyl/N-ethyl adjacent to an activating group) is 1. The third kappa shape index (κ3) is 3.74. The van der Waals surface area contributed by atoms with Gasteiger partial charge in [-0.2, -0.15) is 0 Å². The molecule has 0 saturated carbocycles. The first-order valence-corrected chi connectivity index (χ1v) is 9.81. The highest BCUT2D eigenvalue weighted by molar-refractivity contribution is 7.17. The number of rotatable bonds is 4. The smallest absolute Gasteiger partial charge is 0.295 e. The van der Waals surface area contributed by atoms with Crippen molar-refractivity contribution in [3.8, 4) is 16.3 Å². The number of methoxy groups -OCH3 is 1. The first-order valence-electron chi connectivity index (χ1n) is 8.99. The second kappa shape index (κ2) is 7.65. The molecule has 7 nitrogen and oxygen atoms in total. The molecule has 1 aromatic carbocycles. The van der Waals surface area contributed by atoms with Crippen LogP contribution in [0.4, 0.5) is 5.13 Å². The van der Waals surface area contributed by atoms with Crippen LogP contribution in [0.25, 0.3) is 11.1 Å². The number of anilines is 1. The Hall–Kier alpha value is -2.84. The lowest BCUT2D eigenvalue weighted by molar-refractivity contribution is 0.102. The van der Waals surface area contributed by atoms with Crippen LogP contribution in [0.2, 0.25) is 0 Å². The van der Waals surface area contributed by atoms with Gasteiger partial charge in [0.05, 0.1) is 12.7 Å². The molecule has 1 aliphatic heterocycles. The Bertz CT molecular complexity index is 1030. The Morgan fingerprint density at radius 1 is 1.25 bits per heavy atom. The van der Waals surface area contributed by atoms with Crippen LogP contribution in [0.3, 0.4) is 0 Å². The normalized spacial score (nSPS) is 13.8. The van der Waals surface area contributed by atoms with Crippen LogP contribution in [0.15, 0.2) is 30.5 Å². The number of carbonyl (C=O) groups is 1. The third-order valence-electron chi connectivity index (χ3n) is 4.81. The van der Waals surface area contributed by atoms with Gasteiger partial charge in [-0.3, -0.25) is 15.1 Å². The molecule has 0 radical (unpaired) electrons. The third-order valence-corrected chi connectivity index (χ3v) is 5.61. The molecule has 1 amide bonds. The summed E-state index contributed by atoms with van der Waals surface area (Å²) in [6, 6.07) is 8.39. The van der Waals surface area contributed by atoms with Crippen LogP contribution >= 0.6 is 11.3 Å². The molecule has 3 aromatic rings. The maximum Gasteiger partial charge on any atom is 0.295 e. The van der Waals surface area contributed by atoms with Crippen molar-refractivity contribution in [2.75, 3.05) is 26.0 Å². The molecule has 0 aliphatic carbocycles. The van der Waals surface area contributed by atoms with Gasteiger partial charge in [0.15, 0.2) is 0 Å². The zero-order valence-corrected chi connectivity index (χ0v) is 16.8. The van der Waals surface area contributed by atoms with Gasteiger partial charge in [0.2, 0.25) is 5.13 Å². The Kier molecular flexibility index (Phi) is 5.06. The molecule has 1 aliphatic rings. The van der Waals surface area contributed by atoms with Gasteiger partial charge in [-0.15, -0.1) is 5.10 Å². The zero-order chi connectivity index (χ0) is 19.7. The van der Waals surface area contributed by atoms with Crippen LogP contribution in [-0.2, 0) is 13.0 Å². The van der Waals surface area contributed by atoms with Gasteiger partial charge >= 0.3 is 0 Å². The summed E-state index contributed by atoms with van der Waals surface area (Å²) in [5, 5.41) is 11.3. The summed E-state index contributed by atoms with van der Waals surface area (Å²) >= 11 is 1.18. The first-order chi connectivity index (χ1) is 13.5. The van der Waals surface area contributed by atoms with Crippen molar-refractivity contribution >= 4 is 22.4 Å². The van der Waals surface area contributed by atoms with Gasteiger partial charge in [0.1, 0.15) is 0 Å². The van der Waals surface area contributed by atoms with Crippen molar-refractivity contribution in [3.63, 3.8) is 0 Å². The van der Waals surface area contributed by atoms with Crippen molar-refractivity contribution < 1.29 is 9.53 Å². The second-order valence-corrected chi connectivity index (χ2v) is 7.81. The number of ether oxygens (including phenoxy) is 1. The average molecular weight is 395 g/mol. The van der Waals surface area contributed by atoms with Gasteiger partial charge in [-0.25, -0.2) is 0 Å². The van der Waals surface area contributed by atoms with Gasteiger partial charge in [-0.05, 0) is 60.0 Å². The van der Waals surface area contributed by atoms with Gasteiger partial charge in [0, 0.05) is 25.0 Å². The molecule has 144 valence electrons. The highest BCUT2D eigenvalue weighted by Gasteiger charge is 2.19. The average Bonchev–Trinajstić information content (AvgIpc) is 3.15. The summed E-state index contributed by atoms with van der Waals surface area (Å²) < 4.78 is 5.03. The Morgan fingerprint density at radius 2 is 2.11 bits per heavy atom. The van der Waals surface area contributed by atoms with Crippen molar-refractivity contribution in [1.29, 1.82) is 0 Å². The standard InChI is InChI=1S/C20H21N5O2S/c1-12-8-16(14-4-5-15-11-25(2)7-6-13(15)9-14)17(10-21-12)18(26)22-19-23-24-20(27-3)28-19/h4-5,8-10H,6-7,11H2,1-3H3,(H,22,23,26). The summed E-state index contributed by atoms with van der Waals surface area (Å²) in [7, 11) is 3.65. The Labute approximate surface area is 167 Å². The van der Waals surface area contributed by atoms with E-state index in [0.717, 1.165) is 36.3 Å². The van der Waals surface area contributed by atoms with E-state index in [1.54, 1.807) is 6.20 Å². The first kappa shape index (κ1) is 18.5. The van der Waals surface area contributed by atoms with E-state index in [0.29, 0.717) is 15.9 Å². The molecular formula is C20H21N5O2S. The van der Waals surface area contributed by atoms with E-state index in [-0.39, 0.29) is 5.91 Å². The fourth-order valence-electron chi connectivity index (χ4n) is 3.35. The van der Waals surface area contributed by atoms with Crippen molar-refractivity contribution in [3.05, 3.63) is 52.8 Å². The zero-order valence-electron chi connectivity index (χ0n) is 16.0. The fraction of sp³-hybridized carbons (Fsp3) is 0.300. The number of aryl methyl sites for hydroxylation is 1. The van der Waals surface area contributed by atoms with E-state index >= 15 is 0 Å². The van der Waals surface area contributed by atoms with Crippen molar-refractivity contribution in [2.24, 2.45) is 0 Å². The minimum Gasteiger partial charge on any atom is -0.472 e.